The zero-order valence-corrected chi connectivity index (χ0v) is 9.06. The lowest BCUT2D eigenvalue weighted by molar-refractivity contribution is 0.345. The molecule has 0 saturated heterocycles. The third-order valence-electron chi connectivity index (χ3n) is 1.14. The normalized spacial score (nSPS) is 9.64. The SMILES string of the molecule is BrCCOc1cccc(Br)c1. The van der Waals surface area contributed by atoms with Crippen LogP contribution in [0.2, 0.25) is 0 Å². The predicted octanol–water partition coefficient (Wildman–Crippen LogP) is 3.22. The van der Waals surface area contributed by atoms with Crippen LogP contribution >= 0.6 is 31.9 Å². The summed E-state index contributed by atoms with van der Waals surface area (Å²) < 4.78 is 6.40. The Labute approximate surface area is 83.0 Å². The van der Waals surface area contributed by atoms with Gasteiger partial charge in [0.2, 0.25) is 0 Å². The number of alkyl halides is 1. The number of ether oxygens (including phenoxy) is 1. The van der Waals surface area contributed by atoms with Crippen molar-refractivity contribution in [2.75, 3.05) is 11.9 Å². The summed E-state index contributed by atoms with van der Waals surface area (Å²) in [6.45, 7) is 0.705. The summed E-state index contributed by atoms with van der Waals surface area (Å²) in [5.41, 5.74) is 0. The fourth-order valence-corrected chi connectivity index (χ4v) is 1.25. The maximum atomic E-state index is 5.36. The summed E-state index contributed by atoms with van der Waals surface area (Å²) in [7, 11) is 0. The van der Waals surface area contributed by atoms with Gasteiger partial charge in [0.05, 0.1) is 6.61 Å². The van der Waals surface area contributed by atoms with Gasteiger partial charge in [-0.25, -0.2) is 0 Å². The second kappa shape index (κ2) is 4.78. The van der Waals surface area contributed by atoms with Crippen molar-refractivity contribution in [3.63, 3.8) is 0 Å². The molecule has 1 rings (SSSR count). The first kappa shape index (κ1) is 9.07. The number of hydrogen-bond acceptors (Lipinski definition) is 1. The smallest absolute Gasteiger partial charge is 0.120 e. The zero-order chi connectivity index (χ0) is 8.10. The molecule has 0 bridgehead atoms. The molecule has 0 spiro atoms. The number of hydrogen-bond donors (Lipinski definition) is 0. The Hall–Kier alpha value is -0.0200. The molecule has 0 fully saturated rings. The molecule has 0 atom stereocenters. The first-order valence-corrected chi connectivity index (χ1v) is 5.18. The topological polar surface area (TPSA) is 9.23 Å². The van der Waals surface area contributed by atoms with E-state index >= 15 is 0 Å². The summed E-state index contributed by atoms with van der Waals surface area (Å²) in [6, 6.07) is 7.81. The van der Waals surface area contributed by atoms with Gasteiger partial charge < -0.3 is 4.74 Å². The van der Waals surface area contributed by atoms with Gasteiger partial charge in [-0.15, -0.1) is 0 Å². The van der Waals surface area contributed by atoms with Crippen LogP contribution in [-0.2, 0) is 0 Å². The van der Waals surface area contributed by atoms with Gasteiger partial charge in [0, 0.05) is 9.80 Å². The van der Waals surface area contributed by atoms with E-state index in [-0.39, 0.29) is 0 Å². The predicted molar refractivity (Wildman–Crippen MR) is 53.4 cm³/mol. The van der Waals surface area contributed by atoms with Gasteiger partial charge in [0.1, 0.15) is 5.75 Å². The lowest BCUT2D eigenvalue weighted by Crippen LogP contribution is -1.96. The van der Waals surface area contributed by atoms with Crippen molar-refractivity contribution in [1.29, 1.82) is 0 Å². The molecule has 3 heteroatoms. The van der Waals surface area contributed by atoms with E-state index in [0.717, 1.165) is 15.6 Å². The summed E-state index contributed by atoms with van der Waals surface area (Å²) >= 11 is 6.65. The first-order chi connectivity index (χ1) is 5.33. The highest BCUT2D eigenvalue weighted by molar-refractivity contribution is 9.10. The molecule has 0 N–H and O–H groups in total. The highest BCUT2D eigenvalue weighted by Gasteiger charge is 1.92. The highest BCUT2D eigenvalue weighted by atomic mass is 79.9. The highest BCUT2D eigenvalue weighted by Crippen LogP contribution is 2.17. The summed E-state index contributed by atoms with van der Waals surface area (Å²) in [5.74, 6) is 0.902. The van der Waals surface area contributed by atoms with Crippen LogP contribution in [0.5, 0.6) is 5.75 Å². The van der Waals surface area contributed by atoms with Crippen molar-refractivity contribution in [3.8, 4) is 5.75 Å². The molecule has 0 saturated carbocycles. The molecule has 0 aliphatic carbocycles. The van der Waals surface area contributed by atoms with Crippen molar-refractivity contribution in [2.45, 2.75) is 0 Å². The van der Waals surface area contributed by atoms with Crippen molar-refractivity contribution >= 4 is 31.9 Å². The largest absolute Gasteiger partial charge is 0.493 e. The van der Waals surface area contributed by atoms with Crippen LogP contribution in [0.3, 0.4) is 0 Å². The maximum absolute atomic E-state index is 5.36. The lowest BCUT2D eigenvalue weighted by Gasteiger charge is -2.02. The minimum Gasteiger partial charge on any atom is -0.493 e. The Kier molecular flexibility index (Phi) is 3.94. The Bertz CT molecular complexity index is 225. The van der Waals surface area contributed by atoms with Crippen molar-refractivity contribution in [3.05, 3.63) is 28.7 Å². The van der Waals surface area contributed by atoms with Gasteiger partial charge in [-0.05, 0) is 18.2 Å². The summed E-state index contributed by atoms with van der Waals surface area (Å²) in [6.07, 6.45) is 0. The molecule has 1 nitrogen and oxygen atoms in total. The van der Waals surface area contributed by atoms with Gasteiger partial charge in [0.15, 0.2) is 0 Å². The Morgan fingerprint density at radius 1 is 1.36 bits per heavy atom. The number of halogens is 2. The van der Waals surface area contributed by atoms with E-state index in [1.165, 1.54) is 0 Å². The van der Waals surface area contributed by atoms with E-state index in [1.807, 2.05) is 24.3 Å². The van der Waals surface area contributed by atoms with Crippen LogP contribution in [0, 0.1) is 0 Å². The van der Waals surface area contributed by atoms with Gasteiger partial charge in [0.25, 0.3) is 0 Å². The molecule has 0 aliphatic heterocycles. The second-order valence-electron chi connectivity index (χ2n) is 1.99. The first-order valence-electron chi connectivity index (χ1n) is 3.27. The van der Waals surface area contributed by atoms with E-state index in [1.54, 1.807) is 0 Å². The average molecular weight is 280 g/mol. The second-order valence-corrected chi connectivity index (χ2v) is 3.70. The van der Waals surface area contributed by atoms with Crippen molar-refractivity contribution in [1.82, 2.24) is 0 Å². The molecule has 60 valence electrons. The van der Waals surface area contributed by atoms with Crippen LogP contribution in [0.1, 0.15) is 0 Å². The third-order valence-corrected chi connectivity index (χ3v) is 1.96. The Morgan fingerprint density at radius 2 is 2.18 bits per heavy atom. The van der Waals surface area contributed by atoms with Gasteiger partial charge in [-0.3, -0.25) is 0 Å². The van der Waals surface area contributed by atoms with E-state index < -0.39 is 0 Å². The van der Waals surface area contributed by atoms with Crippen LogP contribution < -0.4 is 4.74 Å². The molecule has 0 unspecified atom stereocenters. The average Bonchev–Trinajstić information content (AvgIpc) is 2.01. The molecular formula is C8H8Br2O. The molecule has 0 aliphatic rings. The fraction of sp³-hybridized carbons (Fsp3) is 0.250. The van der Waals surface area contributed by atoms with Gasteiger partial charge >= 0.3 is 0 Å². The minimum absolute atomic E-state index is 0.705. The zero-order valence-electron chi connectivity index (χ0n) is 5.89. The lowest BCUT2D eigenvalue weighted by atomic mass is 10.3. The van der Waals surface area contributed by atoms with E-state index in [4.69, 9.17) is 4.74 Å². The standard InChI is InChI=1S/C8H8Br2O/c9-4-5-11-8-3-1-2-7(10)6-8/h1-3,6H,4-5H2. The van der Waals surface area contributed by atoms with E-state index in [2.05, 4.69) is 31.9 Å². The third kappa shape index (κ3) is 3.25. The molecule has 11 heavy (non-hydrogen) atoms. The molecular weight excluding hydrogens is 272 g/mol. The molecule has 0 radical (unpaired) electrons. The van der Waals surface area contributed by atoms with Crippen molar-refractivity contribution in [2.24, 2.45) is 0 Å². The minimum atomic E-state index is 0.705. The van der Waals surface area contributed by atoms with Crippen LogP contribution in [0.15, 0.2) is 28.7 Å². The summed E-state index contributed by atoms with van der Waals surface area (Å²) in [4.78, 5) is 0. The Morgan fingerprint density at radius 3 is 2.82 bits per heavy atom. The van der Waals surface area contributed by atoms with Crippen LogP contribution in [-0.4, -0.2) is 11.9 Å². The molecule has 1 aromatic rings. The molecule has 0 heterocycles. The summed E-state index contributed by atoms with van der Waals surface area (Å²) in [5, 5.41) is 0.861. The quantitative estimate of drug-likeness (QED) is 0.772. The van der Waals surface area contributed by atoms with Gasteiger partial charge in [-0.2, -0.15) is 0 Å². The maximum Gasteiger partial charge on any atom is 0.120 e. The van der Waals surface area contributed by atoms with Crippen LogP contribution in [0.4, 0.5) is 0 Å². The number of rotatable bonds is 3. The Balaban J connectivity index is 2.56. The van der Waals surface area contributed by atoms with E-state index in [9.17, 15) is 0 Å². The van der Waals surface area contributed by atoms with Crippen LogP contribution in [0.25, 0.3) is 0 Å². The fourth-order valence-electron chi connectivity index (χ4n) is 0.713. The molecule has 0 amide bonds. The number of benzene rings is 1. The van der Waals surface area contributed by atoms with E-state index in [0.29, 0.717) is 6.61 Å². The van der Waals surface area contributed by atoms with Gasteiger partial charge in [-0.1, -0.05) is 37.9 Å². The molecule has 1 aromatic carbocycles. The molecule has 0 aromatic heterocycles. The van der Waals surface area contributed by atoms with Crippen molar-refractivity contribution < 1.29 is 4.74 Å². The monoisotopic (exact) mass is 278 g/mol.